The summed E-state index contributed by atoms with van der Waals surface area (Å²) in [5, 5.41) is 2.70. The lowest BCUT2D eigenvalue weighted by atomic mass is 10.2. The van der Waals surface area contributed by atoms with Gasteiger partial charge in [-0.05, 0) is 49.2 Å². The first-order valence-corrected chi connectivity index (χ1v) is 11.6. The van der Waals surface area contributed by atoms with Crippen LogP contribution in [0.15, 0.2) is 58.0 Å². The third kappa shape index (κ3) is 4.86. The molecule has 0 saturated carbocycles. The molecule has 1 aliphatic heterocycles. The van der Waals surface area contributed by atoms with Crippen LogP contribution in [0.2, 0.25) is 0 Å². The summed E-state index contributed by atoms with van der Waals surface area (Å²) < 4.78 is 58.9. The van der Waals surface area contributed by atoms with Crippen LogP contribution in [0.1, 0.15) is 25.2 Å². The molecule has 1 amide bonds. The van der Waals surface area contributed by atoms with Gasteiger partial charge in [0.15, 0.2) is 11.7 Å². The third-order valence-electron chi connectivity index (χ3n) is 5.16. The van der Waals surface area contributed by atoms with Gasteiger partial charge in [0.05, 0.1) is 16.7 Å². The summed E-state index contributed by atoms with van der Waals surface area (Å²) >= 11 is 0. The molecule has 1 aliphatic rings. The van der Waals surface area contributed by atoms with E-state index in [1.807, 2.05) is 0 Å². The molecule has 10 heteroatoms. The van der Waals surface area contributed by atoms with Crippen molar-refractivity contribution in [3.8, 4) is 11.3 Å². The standard InChI is InChI=1S/C22H21F2N3O4S/c23-15-3-8-18(19(24)13-15)20-14-25-22(31-20)10-9-21(28)26-16-4-6-17(7-5-16)32(29,30)27-11-1-2-12-27/h3-8,13-14H,1-2,9-12H2,(H,26,28). The Kier molecular flexibility index (Phi) is 6.33. The number of rotatable bonds is 7. The molecule has 0 spiro atoms. The van der Waals surface area contributed by atoms with Crippen LogP contribution in [0, 0.1) is 11.6 Å². The van der Waals surface area contributed by atoms with Gasteiger partial charge in [0, 0.05) is 37.7 Å². The second-order valence-corrected chi connectivity index (χ2v) is 9.36. The van der Waals surface area contributed by atoms with Crippen molar-refractivity contribution in [1.82, 2.24) is 9.29 Å². The van der Waals surface area contributed by atoms with E-state index in [9.17, 15) is 22.0 Å². The largest absolute Gasteiger partial charge is 0.441 e. The molecule has 0 atom stereocenters. The van der Waals surface area contributed by atoms with Crippen LogP contribution >= 0.6 is 0 Å². The summed E-state index contributed by atoms with van der Waals surface area (Å²) in [4.78, 5) is 16.5. The van der Waals surface area contributed by atoms with Crippen LogP contribution in [0.3, 0.4) is 0 Å². The molecule has 0 unspecified atom stereocenters. The summed E-state index contributed by atoms with van der Waals surface area (Å²) in [6.45, 7) is 1.05. The number of aryl methyl sites for hydroxylation is 1. The van der Waals surface area contributed by atoms with Crippen LogP contribution < -0.4 is 5.32 Å². The number of aromatic nitrogens is 1. The third-order valence-corrected chi connectivity index (χ3v) is 7.07. The van der Waals surface area contributed by atoms with Gasteiger partial charge in [0.1, 0.15) is 11.6 Å². The van der Waals surface area contributed by atoms with E-state index < -0.39 is 21.7 Å². The van der Waals surface area contributed by atoms with E-state index in [4.69, 9.17) is 4.42 Å². The number of oxazole rings is 1. The first kappa shape index (κ1) is 22.1. The van der Waals surface area contributed by atoms with Gasteiger partial charge in [-0.25, -0.2) is 22.2 Å². The second-order valence-electron chi connectivity index (χ2n) is 7.43. The Balaban J connectivity index is 1.33. The average molecular weight is 461 g/mol. The molecular formula is C22H21F2N3O4S. The number of hydrogen-bond acceptors (Lipinski definition) is 5. The Labute approximate surface area is 184 Å². The van der Waals surface area contributed by atoms with Crippen molar-refractivity contribution in [3.05, 3.63) is 66.2 Å². The lowest BCUT2D eigenvalue weighted by molar-refractivity contribution is -0.116. The summed E-state index contributed by atoms with van der Waals surface area (Å²) in [7, 11) is -3.50. The van der Waals surface area contributed by atoms with Crippen molar-refractivity contribution in [2.45, 2.75) is 30.6 Å². The minimum atomic E-state index is -3.50. The molecule has 0 bridgehead atoms. The molecule has 7 nitrogen and oxygen atoms in total. The topological polar surface area (TPSA) is 92.5 Å². The van der Waals surface area contributed by atoms with E-state index in [1.165, 1.54) is 28.7 Å². The van der Waals surface area contributed by atoms with Crippen LogP contribution in [0.4, 0.5) is 14.5 Å². The number of nitrogens with one attached hydrogen (secondary N) is 1. The molecule has 32 heavy (non-hydrogen) atoms. The number of carbonyl (C=O) groups excluding carboxylic acids is 1. The van der Waals surface area contributed by atoms with Crippen molar-refractivity contribution >= 4 is 21.6 Å². The number of anilines is 1. The molecule has 168 valence electrons. The number of nitrogens with zero attached hydrogens (tertiary/aromatic N) is 2. The predicted octanol–water partition coefficient (Wildman–Crippen LogP) is 3.98. The molecule has 1 N–H and O–H groups in total. The zero-order valence-corrected chi connectivity index (χ0v) is 17.9. The van der Waals surface area contributed by atoms with E-state index >= 15 is 0 Å². The maximum atomic E-state index is 13.9. The molecule has 2 aromatic carbocycles. The lowest BCUT2D eigenvalue weighted by Crippen LogP contribution is -2.27. The fourth-order valence-corrected chi connectivity index (χ4v) is 4.99. The van der Waals surface area contributed by atoms with Gasteiger partial charge >= 0.3 is 0 Å². The Bertz CT molecular complexity index is 1220. The molecule has 1 aromatic heterocycles. The Morgan fingerprint density at radius 2 is 1.81 bits per heavy atom. The zero-order valence-electron chi connectivity index (χ0n) is 17.1. The molecule has 0 radical (unpaired) electrons. The van der Waals surface area contributed by atoms with E-state index in [0.717, 1.165) is 25.0 Å². The number of hydrogen-bond donors (Lipinski definition) is 1. The highest BCUT2D eigenvalue weighted by atomic mass is 32.2. The predicted molar refractivity (Wildman–Crippen MR) is 113 cm³/mol. The quantitative estimate of drug-likeness (QED) is 0.575. The van der Waals surface area contributed by atoms with Gasteiger partial charge in [0.2, 0.25) is 15.9 Å². The summed E-state index contributed by atoms with van der Waals surface area (Å²) in [6, 6.07) is 9.17. The van der Waals surface area contributed by atoms with Crippen LogP contribution in [-0.2, 0) is 21.2 Å². The van der Waals surface area contributed by atoms with Crippen molar-refractivity contribution in [2.75, 3.05) is 18.4 Å². The van der Waals surface area contributed by atoms with Gasteiger partial charge in [-0.1, -0.05) is 0 Å². The number of benzene rings is 2. The first-order valence-electron chi connectivity index (χ1n) is 10.1. The summed E-state index contributed by atoms with van der Waals surface area (Å²) in [6.07, 6.45) is 3.27. The normalized spacial score (nSPS) is 14.6. The molecular weight excluding hydrogens is 440 g/mol. The van der Waals surface area contributed by atoms with Crippen molar-refractivity contribution < 1.29 is 26.4 Å². The minimum absolute atomic E-state index is 0.0552. The highest BCUT2D eigenvalue weighted by Crippen LogP contribution is 2.25. The second kappa shape index (κ2) is 9.17. The fraction of sp³-hybridized carbons (Fsp3) is 0.273. The van der Waals surface area contributed by atoms with Gasteiger partial charge in [-0.2, -0.15) is 4.31 Å². The molecule has 1 saturated heterocycles. The summed E-state index contributed by atoms with van der Waals surface area (Å²) in [5.74, 6) is -1.38. The number of halogens is 2. The van der Waals surface area contributed by atoms with Gasteiger partial charge in [-0.3, -0.25) is 4.79 Å². The average Bonchev–Trinajstić information content (AvgIpc) is 3.45. The van der Waals surface area contributed by atoms with E-state index in [1.54, 1.807) is 12.1 Å². The number of sulfonamides is 1. The highest BCUT2D eigenvalue weighted by molar-refractivity contribution is 7.89. The monoisotopic (exact) mass is 461 g/mol. The molecule has 3 aromatic rings. The van der Waals surface area contributed by atoms with Crippen LogP contribution in [-0.4, -0.2) is 36.7 Å². The van der Waals surface area contributed by atoms with E-state index in [2.05, 4.69) is 10.3 Å². The fourth-order valence-electron chi connectivity index (χ4n) is 3.47. The van der Waals surface area contributed by atoms with Crippen LogP contribution in [0.5, 0.6) is 0 Å². The minimum Gasteiger partial charge on any atom is -0.441 e. The Morgan fingerprint density at radius 1 is 1.09 bits per heavy atom. The molecule has 4 rings (SSSR count). The van der Waals surface area contributed by atoms with E-state index in [0.29, 0.717) is 18.8 Å². The van der Waals surface area contributed by atoms with Crippen molar-refractivity contribution in [2.24, 2.45) is 0 Å². The van der Waals surface area contributed by atoms with Crippen LogP contribution in [0.25, 0.3) is 11.3 Å². The lowest BCUT2D eigenvalue weighted by Gasteiger charge is -2.15. The van der Waals surface area contributed by atoms with Crippen molar-refractivity contribution in [3.63, 3.8) is 0 Å². The van der Waals surface area contributed by atoms with Gasteiger partial charge < -0.3 is 9.73 Å². The van der Waals surface area contributed by atoms with Gasteiger partial charge in [0.25, 0.3) is 0 Å². The number of carbonyl (C=O) groups is 1. The van der Waals surface area contributed by atoms with Gasteiger partial charge in [-0.15, -0.1) is 0 Å². The Morgan fingerprint density at radius 3 is 2.50 bits per heavy atom. The number of amides is 1. The molecule has 0 aliphatic carbocycles. The SMILES string of the molecule is O=C(CCc1ncc(-c2ccc(F)cc2F)o1)Nc1ccc(S(=O)(=O)N2CCCC2)cc1. The summed E-state index contributed by atoms with van der Waals surface area (Å²) in [5.41, 5.74) is 0.551. The van der Waals surface area contributed by atoms with Crippen molar-refractivity contribution in [1.29, 1.82) is 0 Å². The first-order chi connectivity index (χ1) is 15.3. The highest BCUT2D eigenvalue weighted by Gasteiger charge is 2.27. The maximum Gasteiger partial charge on any atom is 0.243 e. The van der Waals surface area contributed by atoms with E-state index in [-0.39, 0.29) is 40.9 Å². The maximum absolute atomic E-state index is 13.9. The molecule has 1 fully saturated rings. The molecule has 2 heterocycles. The smallest absolute Gasteiger partial charge is 0.243 e. The Hall–Kier alpha value is -3.11. The zero-order chi connectivity index (χ0) is 22.7.